The molecule has 3 N–H and O–H groups in total. The minimum atomic E-state index is -4.50. The van der Waals surface area contributed by atoms with Crippen molar-refractivity contribution >= 4 is 11.9 Å². The maximum Gasteiger partial charge on any atom is 0.433 e. The molecule has 0 aromatic carbocycles. The molecule has 2 bridgehead atoms. The Morgan fingerprint density at radius 2 is 1.96 bits per heavy atom. The fraction of sp³-hybridized carbons (Fsp3) is 0.688. The molecule has 2 unspecified atom stereocenters. The van der Waals surface area contributed by atoms with Crippen molar-refractivity contribution in [1.82, 2.24) is 20.6 Å². The number of aromatic nitrogens is 2. The molecule has 25 heavy (non-hydrogen) atoms. The normalized spacial score (nSPS) is 25.6. The van der Waals surface area contributed by atoms with Crippen LogP contribution in [0.3, 0.4) is 0 Å². The lowest BCUT2D eigenvalue weighted by Gasteiger charge is -2.28. The Hall–Kier alpha value is -1.90. The summed E-state index contributed by atoms with van der Waals surface area (Å²) >= 11 is 0. The Balaban J connectivity index is 1.36. The van der Waals surface area contributed by atoms with Gasteiger partial charge in [-0.1, -0.05) is 0 Å². The topological polar surface area (TPSA) is 78.9 Å². The number of nitrogens with one attached hydrogen (secondary N) is 3. The third kappa shape index (κ3) is 5.04. The van der Waals surface area contributed by atoms with Gasteiger partial charge >= 0.3 is 6.18 Å². The zero-order chi connectivity index (χ0) is 17.9. The van der Waals surface area contributed by atoms with E-state index in [1.54, 1.807) is 0 Å². The van der Waals surface area contributed by atoms with Crippen LogP contribution in [-0.4, -0.2) is 41.0 Å². The SMILES string of the molecule is O=C(CC1CC2CCC(C1)N2)NCCNc1nccc(C(F)(F)F)n1. The first kappa shape index (κ1) is 17.9. The number of piperidine rings is 1. The monoisotopic (exact) mass is 357 g/mol. The molecular formula is C16H22F3N5O. The molecule has 138 valence electrons. The second-order valence-corrected chi connectivity index (χ2v) is 6.72. The summed E-state index contributed by atoms with van der Waals surface area (Å²) in [6, 6.07) is 1.92. The second kappa shape index (κ2) is 7.55. The summed E-state index contributed by atoms with van der Waals surface area (Å²) in [7, 11) is 0. The van der Waals surface area contributed by atoms with Crippen LogP contribution in [0, 0.1) is 5.92 Å². The first-order chi connectivity index (χ1) is 11.9. The third-order valence-electron chi connectivity index (χ3n) is 4.72. The van der Waals surface area contributed by atoms with Gasteiger partial charge in [0.2, 0.25) is 11.9 Å². The van der Waals surface area contributed by atoms with Gasteiger partial charge in [-0.25, -0.2) is 9.97 Å². The van der Waals surface area contributed by atoms with Crippen LogP contribution in [0.4, 0.5) is 19.1 Å². The number of fused-ring (bicyclic) bond motifs is 2. The lowest BCUT2D eigenvalue weighted by Crippen LogP contribution is -2.40. The van der Waals surface area contributed by atoms with Gasteiger partial charge in [-0.05, 0) is 37.7 Å². The molecular weight excluding hydrogens is 335 g/mol. The van der Waals surface area contributed by atoms with Gasteiger partial charge in [0.15, 0.2) is 0 Å². The molecule has 0 spiro atoms. The molecule has 3 heterocycles. The van der Waals surface area contributed by atoms with E-state index in [2.05, 4.69) is 25.9 Å². The number of amides is 1. The smallest absolute Gasteiger partial charge is 0.354 e. The van der Waals surface area contributed by atoms with Crippen LogP contribution in [0.15, 0.2) is 12.3 Å². The number of carbonyl (C=O) groups is 1. The second-order valence-electron chi connectivity index (χ2n) is 6.72. The van der Waals surface area contributed by atoms with Gasteiger partial charge in [-0.15, -0.1) is 0 Å². The maximum atomic E-state index is 12.6. The molecule has 6 nitrogen and oxygen atoms in total. The average Bonchev–Trinajstić information content (AvgIpc) is 2.90. The van der Waals surface area contributed by atoms with Crippen LogP contribution in [0.25, 0.3) is 0 Å². The summed E-state index contributed by atoms with van der Waals surface area (Å²) in [5.74, 6) is 0.301. The highest BCUT2D eigenvalue weighted by atomic mass is 19.4. The van der Waals surface area contributed by atoms with E-state index in [0.29, 0.717) is 31.0 Å². The molecule has 0 radical (unpaired) electrons. The fourth-order valence-electron chi connectivity index (χ4n) is 3.65. The van der Waals surface area contributed by atoms with Crippen LogP contribution < -0.4 is 16.0 Å². The predicted octanol–water partition coefficient (Wildman–Crippen LogP) is 1.94. The number of anilines is 1. The van der Waals surface area contributed by atoms with Crippen molar-refractivity contribution in [2.24, 2.45) is 5.92 Å². The zero-order valence-corrected chi connectivity index (χ0v) is 13.8. The number of hydrogen-bond acceptors (Lipinski definition) is 5. The lowest BCUT2D eigenvalue weighted by molar-refractivity contribution is -0.141. The Bertz CT molecular complexity index is 598. The number of halogens is 3. The van der Waals surface area contributed by atoms with E-state index in [1.807, 2.05) is 0 Å². The summed E-state index contributed by atoms with van der Waals surface area (Å²) in [6.07, 6.45) is 1.55. The fourth-order valence-corrected chi connectivity index (χ4v) is 3.65. The van der Waals surface area contributed by atoms with Gasteiger partial charge in [0.05, 0.1) is 0 Å². The zero-order valence-electron chi connectivity index (χ0n) is 13.8. The first-order valence-corrected chi connectivity index (χ1v) is 8.57. The molecule has 1 aromatic heterocycles. The molecule has 2 atom stereocenters. The van der Waals surface area contributed by atoms with Crippen molar-refractivity contribution < 1.29 is 18.0 Å². The first-order valence-electron chi connectivity index (χ1n) is 8.57. The van der Waals surface area contributed by atoms with Gasteiger partial charge in [0.25, 0.3) is 0 Å². The van der Waals surface area contributed by atoms with Gasteiger partial charge < -0.3 is 16.0 Å². The van der Waals surface area contributed by atoms with E-state index in [0.717, 1.165) is 25.1 Å². The summed E-state index contributed by atoms with van der Waals surface area (Å²) in [4.78, 5) is 19.2. The van der Waals surface area contributed by atoms with Crippen LogP contribution in [0.2, 0.25) is 0 Å². The molecule has 2 saturated heterocycles. The lowest BCUT2D eigenvalue weighted by atomic mass is 9.89. The highest BCUT2D eigenvalue weighted by Gasteiger charge is 2.34. The van der Waals surface area contributed by atoms with Crippen molar-refractivity contribution in [2.45, 2.75) is 50.4 Å². The summed E-state index contributed by atoms with van der Waals surface area (Å²) in [5.41, 5.74) is -0.991. The molecule has 1 amide bonds. The Morgan fingerprint density at radius 3 is 2.64 bits per heavy atom. The van der Waals surface area contributed by atoms with E-state index in [9.17, 15) is 18.0 Å². The van der Waals surface area contributed by atoms with Crippen molar-refractivity contribution in [3.8, 4) is 0 Å². The van der Waals surface area contributed by atoms with Crippen molar-refractivity contribution in [1.29, 1.82) is 0 Å². The molecule has 1 aromatic rings. The Morgan fingerprint density at radius 1 is 1.24 bits per heavy atom. The van der Waals surface area contributed by atoms with Crippen LogP contribution >= 0.6 is 0 Å². The quantitative estimate of drug-likeness (QED) is 0.678. The van der Waals surface area contributed by atoms with Gasteiger partial charge in [0, 0.05) is 37.8 Å². The molecule has 9 heteroatoms. The molecule has 0 aliphatic carbocycles. The molecule has 2 aliphatic heterocycles. The number of hydrogen-bond donors (Lipinski definition) is 3. The van der Waals surface area contributed by atoms with E-state index in [1.165, 1.54) is 12.8 Å². The van der Waals surface area contributed by atoms with Crippen molar-refractivity contribution in [3.63, 3.8) is 0 Å². The highest BCUT2D eigenvalue weighted by molar-refractivity contribution is 5.76. The van der Waals surface area contributed by atoms with E-state index in [-0.39, 0.29) is 18.4 Å². The van der Waals surface area contributed by atoms with Crippen molar-refractivity contribution in [3.05, 3.63) is 18.0 Å². The standard InChI is InChI=1S/C16H22F3N5O/c17-16(18,19)13-3-4-21-15(24-13)22-6-5-20-14(25)9-10-7-11-1-2-12(8-10)23-11/h3-4,10-12,23H,1-2,5-9H2,(H,20,25)(H,21,22,24). The van der Waals surface area contributed by atoms with Gasteiger partial charge in [-0.2, -0.15) is 13.2 Å². The molecule has 3 rings (SSSR count). The number of nitrogens with zero attached hydrogens (tertiary/aromatic N) is 2. The van der Waals surface area contributed by atoms with E-state index in [4.69, 9.17) is 0 Å². The average molecular weight is 357 g/mol. The van der Waals surface area contributed by atoms with Gasteiger partial charge in [-0.3, -0.25) is 4.79 Å². The summed E-state index contributed by atoms with van der Waals surface area (Å²) < 4.78 is 37.7. The Kier molecular flexibility index (Phi) is 5.41. The third-order valence-corrected chi connectivity index (χ3v) is 4.72. The van der Waals surface area contributed by atoms with Crippen LogP contribution in [0.1, 0.15) is 37.8 Å². The molecule has 2 fully saturated rings. The van der Waals surface area contributed by atoms with E-state index >= 15 is 0 Å². The summed E-state index contributed by atoms with van der Waals surface area (Å²) in [6.45, 7) is 0.584. The summed E-state index contributed by atoms with van der Waals surface area (Å²) in [5, 5.41) is 9.03. The number of carbonyl (C=O) groups excluding carboxylic acids is 1. The number of rotatable bonds is 6. The van der Waals surface area contributed by atoms with Gasteiger partial charge in [0.1, 0.15) is 5.69 Å². The maximum absolute atomic E-state index is 12.6. The predicted molar refractivity (Wildman–Crippen MR) is 85.8 cm³/mol. The number of alkyl halides is 3. The molecule has 2 aliphatic rings. The minimum Gasteiger partial charge on any atom is -0.354 e. The Labute approximate surface area is 144 Å². The highest BCUT2D eigenvalue weighted by Crippen LogP contribution is 2.32. The molecule has 0 saturated carbocycles. The largest absolute Gasteiger partial charge is 0.433 e. The van der Waals surface area contributed by atoms with Crippen LogP contribution in [0.5, 0.6) is 0 Å². The van der Waals surface area contributed by atoms with Crippen molar-refractivity contribution in [2.75, 3.05) is 18.4 Å². The minimum absolute atomic E-state index is 0.0157. The van der Waals surface area contributed by atoms with E-state index < -0.39 is 11.9 Å². The van der Waals surface area contributed by atoms with Crippen LogP contribution in [-0.2, 0) is 11.0 Å².